The summed E-state index contributed by atoms with van der Waals surface area (Å²) < 4.78 is 20.2. The lowest BCUT2D eigenvalue weighted by atomic mass is 9.66. The van der Waals surface area contributed by atoms with E-state index in [0.717, 1.165) is 54.7 Å². The van der Waals surface area contributed by atoms with Gasteiger partial charge in [-0.05, 0) is 80.4 Å². The Balaban J connectivity index is 1.50. The van der Waals surface area contributed by atoms with E-state index in [1.54, 1.807) is 19.1 Å². The van der Waals surface area contributed by atoms with Gasteiger partial charge in [0.05, 0.1) is 11.4 Å². The van der Waals surface area contributed by atoms with Crippen molar-refractivity contribution in [3.8, 4) is 0 Å². The number of rotatable bonds is 12. The summed E-state index contributed by atoms with van der Waals surface area (Å²) in [7, 11) is 0. The van der Waals surface area contributed by atoms with Crippen LogP contribution in [0.1, 0.15) is 119 Å². The molecule has 36 heavy (non-hydrogen) atoms. The quantitative estimate of drug-likeness (QED) is 0.320. The molecule has 1 amide bonds. The minimum absolute atomic E-state index is 0.0320. The molecule has 1 aromatic carbocycles. The van der Waals surface area contributed by atoms with Crippen molar-refractivity contribution >= 4 is 17.6 Å². The highest BCUT2D eigenvalue weighted by atomic mass is 19.1. The van der Waals surface area contributed by atoms with Crippen LogP contribution >= 0.6 is 0 Å². The zero-order valence-corrected chi connectivity index (χ0v) is 21.9. The summed E-state index contributed by atoms with van der Waals surface area (Å²) in [5.74, 6) is 0.197. The Labute approximate surface area is 213 Å². The van der Waals surface area contributed by atoms with Crippen LogP contribution in [0.15, 0.2) is 22.7 Å². The Hall–Kier alpha value is -2.70. The van der Waals surface area contributed by atoms with Crippen LogP contribution in [0, 0.1) is 24.1 Å². The lowest BCUT2D eigenvalue weighted by Crippen LogP contribution is -2.27. The van der Waals surface area contributed by atoms with Gasteiger partial charge in [-0.2, -0.15) is 0 Å². The van der Waals surface area contributed by atoms with Gasteiger partial charge >= 0.3 is 5.97 Å². The zero-order valence-electron chi connectivity index (χ0n) is 21.9. The third kappa shape index (κ3) is 6.34. The molecule has 2 aliphatic carbocycles. The van der Waals surface area contributed by atoms with Crippen LogP contribution in [0.25, 0.3) is 0 Å². The van der Waals surface area contributed by atoms with Crippen molar-refractivity contribution in [2.24, 2.45) is 11.3 Å². The second-order valence-electron chi connectivity index (χ2n) is 11.7. The van der Waals surface area contributed by atoms with Crippen molar-refractivity contribution in [1.29, 1.82) is 0 Å². The third-order valence-electron chi connectivity index (χ3n) is 8.10. The second-order valence-corrected chi connectivity index (χ2v) is 11.7. The van der Waals surface area contributed by atoms with Crippen molar-refractivity contribution in [3.05, 3.63) is 46.6 Å². The van der Waals surface area contributed by atoms with Crippen LogP contribution in [-0.2, 0) is 9.59 Å². The van der Waals surface area contributed by atoms with Gasteiger partial charge in [-0.3, -0.25) is 9.59 Å². The minimum Gasteiger partial charge on any atom is -0.481 e. The number of carboxylic acid groups (broad SMARTS) is 1. The number of aryl methyl sites for hydroxylation is 1. The highest BCUT2D eigenvalue weighted by molar-refractivity contribution is 5.91. The molecule has 0 bridgehead atoms. The van der Waals surface area contributed by atoms with Crippen LogP contribution in [0.4, 0.5) is 10.1 Å². The van der Waals surface area contributed by atoms with Crippen LogP contribution in [0.2, 0.25) is 0 Å². The topological polar surface area (TPSA) is 92.4 Å². The predicted molar refractivity (Wildman–Crippen MR) is 137 cm³/mol. The van der Waals surface area contributed by atoms with Crippen LogP contribution in [0.5, 0.6) is 0 Å². The molecule has 0 aliphatic heterocycles. The van der Waals surface area contributed by atoms with E-state index in [4.69, 9.17) is 4.52 Å². The molecule has 2 fully saturated rings. The summed E-state index contributed by atoms with van der Waals surface area (Å²) in [6, 6.07) is 4.66. The summed E-state index contributed by atoms with van der Waals surface area (Å²) in [5, 5.41) is 16.4. The fourth-order valence-corrected chi connectivity index (χ4v) is 5.52. The molecule has 1 atom stereocenters. The van der Waals surface area contributed by atoms with Gasteiger partial charge in [0, 0.05) is 30.2 Å². The number of benzene rings is 1. The number of nitrogens with one attached hydrogen (secondary N) is 1. The lowest BCUT2D eigenvalue weighted by Gasteiger charge is -2.39. The van der Waals surface area contributed by atoms with Gasteiger partial charge in [-0.1, -0.05) is 38.4 Å². The maximum absolute atomic E-state index is 14.3. The molecule has 196 valence electrons. The fourth-order valence-electron chi connectivity index (χ4n) is 5.52. The molecule has 2 aliphatic rings. The van der Waals surface area contributed by atoms with E-state index in [1.165, 1.54) is 12.5 Å². The molecule has 0 radical (unpaired) electrons. The minimum atomic E-state index is -0.915. The molecule has 4 rings (SSSR count). The average Bonchev–Trinajstić information content (AvgIpc) is 3.54. The highest BCUT2D eigenvalue weighted by Gasteiger charge is 2.42. The first-order valence-electron chi connectivity index (χ1n) is 13.3. The molecular weight excluding hydrogens is 459 g/mol. The molecule has 7 heteroatoms. The van der Waals surface area contributed by atoms with E-state index >= 15 is 0 Å². The maximum Gasteiger partial charge on any atom is 0.303 e. The molecule has 2 aromatic rings. The number of carbonyl (C=O) groups excluding carboxylic acids is 1. The van der Waals surface area contributed by atoms with Gasteiger partial charge in [0.15, 0.2) is 0 Å². The Morgan fingerprint density at radius 3 is 2.58 bits per heavy atom. The van der Waals surface area contributed by atoms with Crippen molar-refractivity contribution in [1.82, 2.24) is 5.16 Å². The largest absolute Gasteiger partial charge is 0.481 e. The number of aromatic nitrogens is 1. The SMILES string of the molecule is CCC(C)(C)CC1CC(c2onc([C@H](CCC(=O)O)CC(=O)Nc3ccc(C)cc3F)c2C2CC2)C1. The van der Waals surface area contributed by atoms with E-state index in [1.807, 2.05) is 0 Å². The van der Waals surface area contributed by atoms with Crippen LogP contribution in [0.3, 0.4) is 0 Å². The van der Waals surface area contributed by atoms with E-state index in [0.29, 0.717) is 23.2 Å². The van der Waals surface area contributed by atoms with Crippen molar-refractivity contribution in [2.45, 2.75) is 103 Å². The number of anilines is 1. The number of hydrogen-bond acceptors (Lipinski definition) is 4. The van der Waals surface area contributed by atoms with Crippen molar-refractivity contribution in [3.63, 3.8) is 0 Å². The van der Waals surface area contributed by atoms with E-state index in [9.17, 15) is 19.1 Å². The molecule has 6 nitrogen and oxygen atoms in total. The number of carbonyl (C=O) groups is 2. The van der Waals surface area contributed by atoms with Gasteiger partial charge in [-0.15, -0.1) is 0 Å². The smallest absolute Gasteiger partial charge is 0.303 e. The number of carboxylic acids is 1. The monoisotopic (exact) mass is 498 g/mol. The van der Waals surface area contributed by atoms with Gasteiger partial charge in [-0.25, -0.2) is 4.39 Å². The Morgan fingerprint density at radius 2 is 1.97 bits per heavy atom. The normalized spacial score (nSPS) is 20.6. The summed E-state index contributed by atoms with van der Waals surface area (Å²) in [5.41, 5.74) is 3.07. The summed E-state index contributed by atoms with van der Waals surface area (Å²) >= 11 is 0. The third-order valence-corrected chi connectivity index (χ3v) is 8.10. The standard InChI is InChI=1S/C29H39FN2O4/c1-5-29(3,4)16-18-13-21(14-18)28-26(19-7-8-19)27(32-36-28)20(9-11-25(34)35)15-24(33)31-23-10-6-17(2)12-22(23)30/h6,10,12,18-21H,5,7-9,11,13-16H2,1-4H3,(H,31,33)(H,34,35)/t18?,20-,21?/m1/s1. The van der Waals surface area contributed by atoms with E-state index in [-0.39, 0.29) is 30.9 Å². The molecule has 0 unspecified atom stereocenters. The number of halogens is 1. The zero-order chi connectivity index (χ0) is 26.0. The Kier molecular flexibility index (Phi) is 7.86. The first-order chi connectivity index (χ1) is 17.1. The molecule has 0 spiro atoms. The van der Waals surface area contributed by atoms with Gasteiger partial charge in [0.25, 0.3) is 0 Å². The number of amides is 1. The molecule has 1 heterocycles. The van der Waals surface area contributed by atoms with Crippen molar-refractivity contribution < 1.29 is 23.6 Å². The summed E-state index contributed by atoms with van der Waals surface area (Å²) in [6.45, 7) is 8.67. The number of aliphatic carboxylic acids is 1. The van der Waals surface area contributed by atoms with Crippen LogP contribution < -0.4 is 5.32 Å². The number of hydrogen-bond donors (Lipinski definition) is 2. The fraction of sp³-hybridized carbons (Fsp3) is 0.621. The second kappa shape index (κ2) is 10.7. The lowest BCUT2D eigenvalue weighted by molar-refractivity contribution is -0.137. The molecule has 0 saturated heterocycles. The van der Waals surface area contributed by atoms with E-state index in [2.05, 4.69) is 31.2 Å². The molecule has 2 saturated carbocycles. The molecule has 1 aromatic heterocycles. The summed E-state index contributed by atoms with van der Waals surface area (Å²) in [6.07, 6.45) is 6.91. The highest BCUT2D eigenvalue weighted by Crippen LogP contribution is 2.53. The van der Waals surface area contributed by atoms with E-state index < -0.39 is 17.7 Å². The maximum atomic E-state index is 14.3. The summed E-state index contributed by atoms with van der Waals surface area (Å²) in [4.78, 5) is 24.3. The van der Waals surface area contributed by atoms with Gasteiger partial charge in [0.2, 0.25) is 5.91 Å². The number of nitrogens with zero attached hydrogens (tertiary/aromatic N) is 1. The molecular formula is C29H39FN2O4. The predicted octanol–water partition coefficient (Wildman–Crippen LogP) is 7.30. The Bertz CT molecular complexity index is 1100. The first kappa shape index (κ1) is 26.4. The van der Waals surface area contributed by atoms with Crippen LogP contribution in [-0.4, -0.2) is 22.1 Å². The van der Waals surface area contributed by atoms with Gasteiger partial charge < -0.3 is 14.9 Å². The van der Waals surface area contributed by atoms with Crippen molar-refractivity contribution in [2.75, 3.05) is 5.32 Å². The Morgan fingerprint density at radius 1 is 1.25 bits per heavy atom. The van der Waals surface area contributed by atoms with Gasteiger partial charge in [0.1, 0.15) is 11.6 Å². The molecule has 2 N–H and O–H groups in total. The average molecular weight is 499 g/mol. The first-order valence-corrected chi connectivity index (χ1v) is 13.3.